The Morgan fingerprint density at radius 2 is 1.56 bits per heavy atom. The number of nitrogens with one attached hydrogen (secondary N) is 2. The number of carbonyl (C=O) groups is 2. The molecule has 3 aromatic carbocycles. The third-order valence-corrected chi connectivity index (χ3v) is 5.24. The maximum atomic E-state index is 13.3. The second-order valence-electron chi connectivity index (χ2n) is 7.59. The molecule has 1 aliphatic rings. The summed E-state index contributed by atoms with van der Waals surface area (Å²) in [4.78, 5) is 26.9. The third-order valence-electron chi connectivity index (χ3n) is 5.24. The first kappa shape index (κ1) is 21.4. The van der Waals surface area contributed by atoms with E-state index in [1.54, 1.807) is 41.3 Å². The van der Waals surface area contributed by atoms with Gasteiger partial charge in [-0.2, -0.15) is 0 Å². The van der Waals surface area contributed by atoms with Crippen LogP contribution in [0.25, 0.3) is 0 Å². The number of piperidine rings is 1. The van der Waals surface area contributed by atoms with Gasteiger partial charge in [-0.3, -0.25) is 4.79 Å². The zero-order valence-electron chi connectivity index (χ0n) is 17.5. The van der Waals surface area contributed by atoms with Gasteiger partial charge in [0.15, 0.2) is 0 Å². The van der Waals surface area contributed by atoms with E-state index in [1.807, 2.05) is 30.3 Å². The number of hydrogen-bond donors (Lipinski definition) is 2. The zero-order chi connectivity index (χ0) is 22.3. The van der Waals surface area contributed by atoms with Crippen LogP contribution in [0, 0.1) is 5.82 Å². The second kappa shape index (κ2) is 9.96. The molecule has 0 aromatic heterocycles. The number of nitrogens with zero attached hydrogens (tertiary/aromatic N) is 1. The fraction of sp³-hybridized carbons (Fsp3) is 0.200. The lowest BCUT2D eigenvalue weighted by Crippen LogP contribution is -2.43. The highest BCUT2D eigenvalue weighted by Gasteiger charge is 2.24. The van der Waals surface area contributed by atoms with Crippen LogP contribution in [0.5, 0.6) is 5.75 Å². The van der Waals surface area contributed by atoms with Crippen molar-refractivity contribution in [2.75, 3.05) is 23.7 Å². The van der Waals surface area contributed by atoms with Crippen molar-refractivity contribution in [3.63, 3.8) is 0 Å². The zero-order valence-corrected chi connectivity index (χ0v) is 17.5. The predicted octanol–water partition coefficient (Wildman–Crippen LogP) is 5.15. The number of amides is 3. The molecule has 1 saturated heterocycles. The highest BCUT2D eigenvalue weighted by molar-refractivity contribution is 6.05. The molecule has 1 heterocycles. The number of halogens is 1. The Morgan fingerprint density at radius 1 is 0.844 bits per heavy atom. The summed E-state index contributed by atoms with van der Waals surface area (Å²) in [6, 6.07) is 21.9. The monoisotopic (exact) mass is 433 g/mol. The number of ether oxygens (including phenoxy) is 1. The Morgan fingerprint density at radius 3 is 2.31 bits per heavy atom. The number of carbonyl (C=O) groups excluding carboxylic acids is 2. The van der Waals surface area contributed by atoms with Gasteiger partial charge in [-0.05, 0) is 42.5 Å². The minimum absolute atomic E-state index is 0.0640. The van der Waals surface area contributed by atoms with Crippen molar-refractivity contribution in [1.29, 1.82) is 0 Å². The molecule has 2 N–H and O–H groups in total. The van der Waals surface area contributed by atoms with Crippen molar-refractivity contribution >= 4 is 23.3 Å². The average Bonchev–Trinajstić information content (AvgIpc) is 2.80. The number of hydrogen-bond acceptors (Lipinski definition) is 3. The quantitative estimate of drug-likeness (QED) is 0.584. The predicted molar refractivity (Wildman–Crippen MR) is 121 cm³/mol. The first-order valence-electron chi connectivity index (χ1n) is 10.5. The number of anilines is 2. The summed E-state index contributed by atoms with van der Waals surface area (Å²) in [6.07, 6.45) is 1.25. The molecular formula is C25H24FN3O3. The third kappa shape index (κ3) is 5.63. The fourth-order valence-electron chi connectivity index (χ4n) is 3.57. The Hall–Kier alpha value is -3.87. The first-order valence-corrected chi connectivity index (χ1v) is 10.5. The van der Waals surface area contributed by atoms with Crippen molar-refractivity contribution in [3.8, 4) is 5.75 Å². The highest BCUT2D eigenvalue weighted by atomic mass is 19.1. The van der Waals surface area contributed by atoms with Gasteiger partial charge in [0.25, 0.3) is 5.91 Å². The molecule has 0 radical (unpaired) electrons. The van der Waals surface area contributed by atoms with E-state index in [0.717, 1.165) is 0 Å². The molecule has 3 amide bonds. The van der Waals surface area contributed by atoms with E-state index in [1.165, 1.54) is 12.1 Å². The maximum absolute atomic E-state index is 13.3. The standard InChI is InChI=1S/C25H24FN3O3/c26-19-7-5-11-23(17-19)32-22-12-14-29(15-13-22)25(31)28-21-10-4-6-18(16-21)24(30)27-20-8-2-1-3-9-20/h1-11,16-17,22H,12-15H2,(H,27,30)(H,28,31). The molecular weight excluding hydrogens is 409 g/mol. The lowest BCUT2D eigenvalue weighted by Gasteiger charge is -2.32. The summed E-state index contributed by atoms with van der Waals surface area (Å²) in [5, 5.41) is 5.69. The van der Waals surface area contributed by atoms with Gasteiger partial charge in [0.2, 0.25) is 0 Å². The lowest BCUT2D eigenvalue weighted by molar-refractivity contribution is 0.102. The van der Waals surface area contributed by atoms with Crippen LogP contribution in [0.4, 0.5) is 20.6 Å². The molecule has 0 unspecified atom stereocenters. The van der Waals surface area contributed by atoms with Crippen molar-refractivity contribution in [2.45, 2.75) is 18.9 Å². The van der Waals surface area contributed by atoms with E-state index in [-0.39, 0.29) is 23.9 Å². The van der Waals surface area contributed by atoms with E-state index >= 15 is 0 Å². The Bertz CT molecular complexity index is 1080. The van der Waals surface area contributed by atoms with Crippen molar-refractivity contribution in [2.24, 2.45) is 0 Å². The summed E-state index contributed by atoms with van der Waals surface area (Å²) >= 11 is 0. The number of rotatable bonds is 5. The summed E-state index contributed by atoms with van der Waals surface area (Å²) in [7, 11) is 0. The minimum atomic E-state index is -0.334. The summed E-state index contributed by atoms with van der Waals surface area (Å²) in [5.74, 6) is -0.0832. The number of likely N-dealkylation sites (tertiary alicyclic amines) is 1. The van der Waals surface area contributed by atoms with Gasteiger partial charge in [0.05, 0.1) is 0 Å². The number of urea groups is 1. The average molecular weight is 433 g/mol. The van der Waals surface area contributed by atoms with Crippen molar-refractivity contribution in [1.82, 2.24) is 4.90 Å². The molecule has 0 aliphatic carbocycles. The van der Waals surface area contributed by atoms with Crippen LogP contribution < -0.4 is 15.4 Å². The van der Waals surface area contributed by atoms with Crippen LogP contribution in [0.2, 0.25) is 0 Å². The normalized spacial score (nSPS) is 14.0. The number of para-hydroxylation sites is 1. The first-order chi connectivity index (χ1) is 15.6. The highest BCUT2D eigenvalue weighted by Crippen LogP contribution is 2.21. The van der Waals surface area contributed by atoms with Gasteiger partial charge in [-0.15, -0.1) is 0 Å². The van der Waals surface area contributed by atoms with Gasteiger partial charge in [0, 0.05) is 48.9 Å². The topological polar surface area (TPSA) is 70.7 Å². The largest absolute Gasteiger partial charge is 0.490 e. The van der Waals surface area contributed by atoms with Crippen LogP contribution in [0.1, 0.15) is 23.2 Å². The van der Waals surface area contributed by atoms with Crippen molar-refractivity contribution < 1.29 is 18.7 Å². The molecule has 4 rings (SSSR count). The molecule has 0 bridgehead atoms. The van der Waals surface area contributed by atoms with E-state index in [2.05, 4.69) is 10.6 Å². The number of benzene rings is 3. The van der Waals surface area contributed by atoms with Crippen molar-refractivity contribution in [3.05, 3.63) is 90.2 Å². The minimum Gasteiger partial charge on any atom is -0.490 e. The van der Waals surface area contributed by atoms with Gasteiger partial charge >= 0.3 is 6.03 Å². The molecule has 0 spiro atoms. The van der Waals surface area contributed by atoms with Gasteiger partial charge in [-0.1, -0.05) is 30.3 Å². The lowest BCUT2D eigenvalue weighted by atomic mass is 10.1. The van der Waals surface area contributed by atoms with Gasteiger partial charge < -0.3 is 20.3 Å². The van der Waals surface area contributed by atoms with Crippen LogP contribution in [0.3, 0.4) is 0 Å². The van der Waals surface area contributed by atoms with E-state index in [0.29, 0.717) is 48.6 Å². The maximum Gasteiger partial charge on any atom is 0.321 e. The molecule has 7 heteroatoms. The summed E-state index contributed by atoms with van der Waals surface area (Å²) in [6.45, 7) is 1.06. The molecule has 164 valence electrons. The van der Waals surface area contributed by atoms with E-state index in [4.69, 9.17) is 4.74 Å². The molecule has 32 heavy (non-hydrogen) atoms. The molecule has 6 nitrogen and oxygen atoms in total. The van der Waals surface area contributed by atoms with E-state index < -0.39 is 0 Å². The Balaban J connectivity index is 1.29. The Labute approximate surface area is 186 Å². The van der Waals surface area contributed by atoms with E-state index in [9.17, 15) is 14.0 Å². The molecule has 1 aliphatic heterocycles. The van der Waals surface area contributed by atoms with Crippen LogP contribution in [0.15, 0.2) is 78.9 Å². The summed E-state index contributed by atoms with van der Waals surface area (Å²) in [5.41, 5.74) is 1.71. The Kier molecular flexibility index (Phi) is 6.65. The summed E-state index contributed by atoms with van der Waals surface area (Å²) < 4.78 is 19.1. The fourth-order valence-corrected chi connectivity index (χ4v) is 3.57. The molecule has 0 saturated carbocycles. The molecule has 3 aromatic rings. The smallest absolute Gasteiger partial charge is 0.321 e. The van der Waals surface area contributed by atoms with Gasteiger partial charge in [-0.25, -0.2) is 9.18 Å². The van der Waals surface area contributed by atoms with Crippen LogP contribution in [-0.4, -0.2) is 36.0 Å². The van der Waals surface area contributed by atoms with Gasteiger partial charge in [0.1, 0.15) is 17.7 Å². The molecule has 0 atom stereocenters. The van der Waals surface area contributed by atoms with Crippen LogP contribution in [-0.2, 0) is 0 Å². The van der Waals surface area contributed by atoms with Crippen LogP contribution >= 0.6 is 0 Å². The molecule has 1 fully saturated rings. The second-order valence-corrected chi connectivity index (χ2v) is 7.59. The SMILES string of the molecule is O=C(Nc1ccccc1)c1cccc(NC(=O)N2CCC(Oc3cccc(F)c3)CC2)c1.